The van der Waals surface area contributed by atoms with Gasteiger partial charge in [-0.1, -0.05) is 32.1 Å². The number of rotatable bonds is 9. The van der Waals surface area contributed by atoms with Gasteiger partial charge in [0.2, 0.25) is 0 Å². The molecule has 0 radical (unpaired) electrons. The van der Waals surface area contributed by atoms with E-state index in [-0.39, 0.29) is 11.9 Å². The fourth-order valence-corrected chi connectivity index (χ4v) is 3.65. The quantitative estimate of drug-likeness (QED) is 0.530. The lowest BCUT2D eigenvalue weighted by atomic mass is 9.88. The first-order valence-electron chi connectivity index (χ1n) is 10.6. The van der Waals surface area contributed by atoms with Crippen LogP contribution in [-0.4, -0.2) is 24.2 Å². The highest BCUT2D eigenvalue weighted by Gasteiger charge is 2.18. The number of carbonyl (C=O) groups is 1. The van der Waals surface area contributed by atoms with Crippen molar-refractivity contribution in [2.24, 2.45) is 0 Å². The summed E-state index contributed by atoms with van der Waals surface area (Å²) in [7, 11) is 0. The summed E-state index contributed by atoms with van der Waals surface area (Å²) in [5.41, 5.74) is 4.60. The molecule has 0 fully saturated rings. The molecule has 2 aromatic rings. The molecule has 0 saturated carbocycles. The van der Waals surface area contributed by atoms with Gasteiger partial charge in [-0.3, -0.25) is 4.79 Å². The monoisotopic (exact) mass is 397 g/mol. The van der Waals surface area contributed by atoms with Crippen LogP contribution in [0.1, 0.15) is 74.4 Å². The molecule has 0 unspecified atom stereocenters. The predicted molar refractivity (Wildman–Crippen MR) is 113 cm³/mol. The normalized spacial score (nSPS) is 13.2. The maximum Gasteiger partial charge on any atom is 0.306 e. The molecule has 5 heteroatoms. The zero-order valence-electron chi connectivity index (χ0n) is 17.9. The number of aromatic nitrogens is 1. The van der Waals surface area contributed by atoms with Gasteiger partial charge in [0, 0.05) is 24.3 Å². The molecule has 0 aliphatic heterocycles. The van der Waals surface area contributed by atoms with Gasteiger partial charge in [0.15, 0.2) is 5.89 Å². The van der Waals surface area contributed by atoms with E-state index in [1.54, 1.807) is 0 Å². The first-order chi connectivity index (χ1) is 14.0. The van der Waals surface area contributed by atoms with Crippen LogP contribution in [0.4, 0.5) is 0 Å². The van der Waals surface area contributed by atoms with Crippen LogP contribution >= 0.6 is 0 Å². The Morgan fingerprint density at radius 2 is 2.10 bits per heavy atom. The lowest BCUT2D eigenvalue weighted by Gasteiger charge is -2.21. The molecule has 0 atom stereocenters. The molecule has 0 N–H and O–H groups in total. The lowest BCUT2D eigenvalue weighted by molar-refractivity contribution is -0.142. The van der Waals surface area contributed by atoms with E-state index in [2.05, 4.69) is 31.0 Å². The summed E-state index contributed by atoms with van der Waals surface area (Å²) in [5.74, 6) is 2.72. The standard InChI is InChI=1S/C24H31NO4/c1-5-27-23(26)13-12-18-8-6-10-20-19(18)9-7-11-22(20)28-15-14-21-17(4)29-24(25-21)16(2)3/h7-9,11,16H,5-6,10,12-15H2,1-4H3. The Balaban J connectivity index is 1.64. The van der Waals surface area contributed by atoms with Gasteiger partial charge in [0.25, 0.3) is 0 Å². The number of fused-ring (bicyclic) bond motifs is 1. The Bertz CT molecular complexity index is 879. The maximum absolute atomic E-state index is 11.7. The van der Waals surface area contributed by atoms with Gasteiger partial charge in [-0.15, -0.1) is 0 Å². The molecule has 1 aliphatic rings. The maximum atomic E-state index is 11.7. The molecule has 1 aromatic carbocycles. The van der Waals surface area contributed by atoms with Crippen molar-refractivity contribution in [3.8, 4) is 5.75 Å². The van der Waals surface area contributed by atoms with Crippen molar-refractivity contribution in [1.29, 1.82) is 0 Å². The molecule has 0 saturated heterocycles. The highest BCUT2D eigenvalue weighted by Crippen LogP contribution is 2.35. The molecule has 5 nitrogen and oxygen atoms in total. The second kappa shape index (κ2) is 9.77. The van der Waals surface area contributed by atoms with Crippen molar-refractivity contribution in [1.82, 2.24) is 4.98 Å². The zero-order valence-corrected chi connectivity index (χ0v) is 17.9. The van der Waals surface area contributed by atoms with E-state index >= 15 is 0 Å². The first kappa shape index (κ1) is 21.2. The largest absolute Gasteiger partial charge is 0.493 e. The Hall–Kier alpha value is -2.56. The van der Waals surface area contributed by atoms with Crippen LogP contribution in [0.15, 0.2) is 28.7 Å². The average molecular weight is 398 g/mol. The molecule has 0 amide bonds. The topological polar surface area (TPSA) is 61.6 Å². The summed E-state index contributed by atoms with van der Waals surface area (Å²) in [6.45, 7) is 8.93. The number of oxazole rings is 1. The van der Waals surface area contributed by atoms with Crippen molar-refractivity contribution in [3.05, 3.63) is 52.7 Å². The number of aryl methyl sites for hydroxylation is 1. The second-order valence-corrected chi connectivity index (χ2v) is 7.66. The molecule has 1 aromatic heterocycles. The number of benzene rings is 1. The third-order valence-electron chi connectivity index (χ3n) is 5.17. The molecule has 1 heterocycles. The highest BCUT2D eigenvalue weighted by molar-refractivity contribution is 5.77. The van der Waals surface area contributed by atoms with Crippen LogP contribution in [0.5, 0.6) is 5.75 Å². The summed E-state index contributed by atoms with van der Waals surface area (Å²) in [6.07, 6.45) is 5.98. The van der Waals surface area contributed by atoms with Crippen LogP contribution in [0.25, 0.3) is 5.57 Å². The fraction of sp³-hybridized carbons (Fsp3) is 0.500. The first-order valence-corrected chi connectivity index (χ1v) is 10.6. The molecule has 1 aliphatic carbocycles. The van der Waals surface area contributed by atoms with Gasteiger partial charge in [0.1, 0.15) is 11.5 Å². The van der Waals surface area contributed by atoms with Gasteiger partial charge in [-0.05, 0) is 50.3 Å². The number of esters is 1. The number of allylic oxidation sites excluding steroid dienone is 2. The van der Waals surface area contributed by atoms with Crippen molar-refractivity contribution < 1.29 is 18.7 Å². The van der Waals surface area contributed by atoms with Crippen LogP contribution in [0.2, 0.25) is 0 Å². The summed E-state index contributed by atoms with van der Waals surface area (Å²) in [6, 6.07) is 6.17. The highest BCUT2D eigenvalue weighted by atomic mass is 16.5. The van der Waals surface area contributed by atoms with Crippen LogP contribution < -0.4 is 4.74 Å². The Labute approximate surface area is 173 Å². The number of nitrogens with zero attached hydrogens (tertiary/aromatic N) is 1. The van der Waals surface area contributed by atoms with E-state index in [9.17, 15) is 4.79 Å². The van der Waals surface area contributed by atoms with E-state index in [1.165, 1.54) is 16.7 Å². The smallest absolute Gasteiger partial charge is 0.306 e. The van der Waals surface area contributed by atoms with Crippen molar-refractivity contribution >= 4 is 11.5 Å². The Kier molecular flexibility index (Phi) is 7.13. The van der Waals surface area contributed by atoms with Crippen molar-refractivity contribution in [2.45, 2.75) is 65.7 Å². The van der Waals surface area contributed by atoms with Gasteiger partial charge < -0.3 is 13.9 Å². The van der Waals surface area contributed by atoms with Crippen LogP contribution in [0, 0.1) is 6.92 Å². The third-order valence-corrected chi connectivity index (χ3v) is 5.17. The zero-order chi connectivity index (χ0) is 20.8. The van der Waals surface area contributed by atoms with Gasteiger partial charge in [-0.25, -0.2) is 4.98 Å². The van der Waals surface area contributed by atoms with E-state index < -0.39 is 0 Å². The van der Waals surface area contributed by atoms with E-state index in [0.29, 0.717) is 26.1 Å². The second-order valence-electron chi connectivity index (χ2n) is 7.66. The molecule has 0 bridgehead atoms. The number of ether oxygens (including phenoxy) is 2. The summed E-state index contributed by atoms with van der Waals surface area (Å²) in [4.78, 5) is 16.3. The Morgan fingerprint density at radius 1 is 1.28 bits per heavy atom. The van der Waals surface area contributed by atoms with Gasteiger partial charge >= 0.3 is 5.97 Å². The average Bonchev–Trinajstić information content (AvgIpc) is 3.08. The molecule has 156 valence electrons. The molecule has 29 heavy (non-hydrogen) atoms. The third kappa shape index (κ3) is 5.28. The SMILES string of the molecule is CCOC(=O)CCC1=CCCc2c(OCCc3nc(C(C)C)oc3C)cccc21. The molecule has 0 spiro atoms. The molecular formula is C24H31NO4. The molecule has 3 rings (SSSR count). The van der Waals surface area contributed by atoms with E-state index in [0.717, 1.165) is 42.4 Å². The number of hydrogen-bond acceptors (Lipinski definition) is 5. The van der Waals surface area contributed by atoms with Gasteiger partial charge in [0.05, 0.1) is 18.9 Å². The Morgan fingerprint density at radius 3 is 2.83 bits per heavy atom. The minimum atomic E-state index is -0.142. The lowest BCUT2D eigenvalue weighted by Crippen LogP contribution is -2.09. The van der Waals surface area contributed by atoms with Crippen molar-refractivity contribution in [3.63, 3.8) is 0 Å². The van der Waals surface area contributed by atoms with E-state index in [4.69, 9.17) is 13.9 Å². The van der Waals surface area contributed by atoms with E-state index in [1.807, 2.05) is 26.0 Å². The van der Waals surface area contributed by atoms with Gasteiger partial charge in [-0.2, -0.15) is 0 Å². The predicted octanol–water partition coefficient (Wildman–Crippen LogP) is 5.40. The van der Waals surface area contributed by atoms with Crippen LogP contribution in [-0.2, 0) is 22.4 Å². The summed E-state index contributed by atoms with van der Waals surface area (Å²) in [5, 5.41) is 0. The van der Waals surface area contributed by atoms with Crippen molar-refractivity contribution in [2.75, 3.05) is 13.2 Å². The molecular weight excluding hydrogens is 366 g/mol. The number of hydrogen-bond donors (Lipinski definition) is 0. The van der Waals surface area contributed by atoms with Crippen LogP contribution in [0.3, 0.4) is 0 Å². The number of carbonyl (C=O) groups excluding carboxylic acids is 1. The minimum Gasteiger partial charge on any atom is -0.493 e. The fourth-order valence-electron chi connectivity index (χ4n) is 3.65. The minimum absolute atomic E-state index is 0.142. The summed E-state index contributed by atoms with van der Waals surface area (Å²) < 4.78 is 16.9. The summed E-state index contributed by atoms with van der Waals surface area (Å²) >= 11 is 0.